The molecule has 3 rings (SSSR count). The number of methoxy groups -OCH3 is 1. The molecule has 0 bridgehead atoms. The van der Waals surface area contributed by atoms with E-state index in [4.69, 9.17) is 14.6 Å². The Morgan fingerprint density at radius 1 is 1.06 bits per heavy atom. The van der Waals surface area contributed by atoms with Crippen molar-refractivity contribution in [2.75, 3.05) is 26.9 Å². The molecule has 0 fully saturated rings. The first-order chi connectivity index (χ1) is 15.8. The Hall–Kier alpha value is -3.43. The lowest BCUT2D eigenvalue weighted by atomic mass is 9.98. The molecule has 0 spiro atoms. The fourth-order valence-corrected chi connectivity index (χ4v) is 4.01. The number of aliphatic hydroxyl groups is 1. The average Bonchev–Trinajstić information content (AvgIpc) is 3.11. The van der Waals surface area contributed by atoms with Gasteiger partial charge in [-0.2, -0.15) is 0 Å². The van der Waals surface area contributed by atoms with E-state index in [0.717, 1.165) is 22.3 Å². The van der Waals surface area contributed by atoms with E-state index >= 15 is 0 Å². The molecule has 1 aliphatic carbocycles. The first-order valence-electron chi connectivity index (χ1n) is 10.6. The van der Waals surface area contributed by atoms with Gasteiger partial charge in [0.25, 0.3) is 0 Å². The van der Waals surface area contributed by atoms with Crippen LogP contribution in [0.4, 0.5) is 4.79 Å². The minimum absolute atomic E-state index is 0.0623. The van der Waals surface area contributed by atoms with Gasteiger partial charge in [0.05, 0.1) is 6.61 Å². The van der Waals surface area contributed by atoms with Crippen LogP contribution in [0.15, 0.2) is 48.5 Å². The summed E-state index contributed by atoms with van der Waals surface area (Å²) in [5.74, 6) is -2.20. The molecule has 2 aromatic rings. The molecule has 9 heteroatoms. The number of hydrogen-bond acceptors (Lipinski definition) is 6. The Bertz CT molecular complexity index is 980. The standard InChI is InChI=1S/C24H28N2O7/c1-24(14-32-2,22(30)25-20(11-12-27)21(28)29)26-23(31)33-13-19-17-9-5-3-7-15(17)16-8-4-6-10-18(16)19/h3-10,19-20,27H,11-14H2,1-2H3,(H,25,30)(H,26,31)(H,28,29)/t20-,24?/m1/s1. The van der Waals surface area contributed by atoms with Gasteiger partial charge in [-0.05, 0) is 29.2 Å². The van der Waals surface area contributed by atoms with E-state index in [1.807, 2.05) is 48.5 Å². The zero-order valence-corrected chi connectivity index (χ0v) is 18.5. The minimum Gasteiger partial charge on any atom is -0.480 e. The molecule has 1 aliphatic rings. The van der Waals surface area contributed by atoms with Crippen molar-refractivity contribution in [1.29, 1.82) is 0 Å². The lowest BCUT2D eigenvalue weighted by Gasteiger charge is -2.30. The lowest BCUT2D eigenvalue weighted by Crippen LogP contribution is -2.62. The van der Waals surface area contributed by atoms with Gasteiger partial charge in [0.2, 0.25) is 5.91 Å². The number of alkyl carbamates (subject to hydrolysis) is 1. The molecule has 0 radical (unpaired) electrons. The topological polar surface area (TPSA) is 134 Å². The van der Waals surface area contributed by atoms with Crippen molar-refractivity contribution in [2.45, 2.75) is 30.8 Å². The number of carboxylic acid groups (broad SMARTS) is 1. The van der Waals surface area contributed by atoms with Crippen LogP contribution in [0.1, 0.15) is 30.4 Å². The number of ether oxygens (including phenoxy) is 2. The van der Waals surface area contributed by atoms with Gasteiger partial charge in [-0.3, -0.25) is 4.79 Å². The number of rotatable bonds is 10. The molecule has 4 N–H and O–H groups in total. The highest BCUT2D eigenvalue weighted by Gasteiger charge is 2.38. The molecule has 0 saturated heterocycles. The van der Waals surface area contributed by atoms with Gasteiger partial charge in [0.1, 0.15) is 18.2 Å². The van der Waals surface area contributed by atoms with Crippen LogP contribution in [0.2, 0.25) is 0 Å². The average molecular weight is 456 g/mol. The number of fused-ring (bicyclic) bond motifs is 3. The minimum atomic E-state index is -1.58. The summed E-state index contributed by atoms with van der Waals surface area (Å²) >= 11 is 0. The normalized spacial score (nSPS) is 15.0. The zero-order chi connectivity index (χ0) is 24.0. The number of amides is 2. The fraction of sp³-hybridized carbons (Fsp3) is 0.375. The van der Waals surface area contributed by atoms with Gasteiger partial charge in [-0.1, -0.05) is 48.5 Å². The molecular weight excluding hydrogens is 428 g/mol. The summed E-state index contributed by atoms with van der Waals surface area (Å²) in [6, 6.07) is 14.5. The second-order valence-electron chi connectivity index (χ2n) is 8.09. The maximum atomic E-state index is 12.8. The molecular formula is C24H28N2O7. The third kappa shape index (κ3) is 5.32. The van der Waals surface area contributed by atoms with Gasteiger partial charge in [-0.25, -0.2) is 9.59 Å². The van der Waals surface area contributed by atoms with Gasteiger partial charge in [0.15, 0.2) is 0 Å². The summed E-state index contributed by atoms with van der Waals surface area (Å²) in [6.07, 6.45) is -1.00. The quantitative estimate of drug-likeness (QED) is 0.429. The number of hydrogen-bond donors (Lipinski definition) is 4. The van der Waals surface area contributed by atoms with Crippen molar-refractivity contribution < 1.29 is 34.1 Å². The molecule has 9 nitrogen and oxygen atoms in total. The number of carbonyl (C=O) groups excluding carboxylic acids is 2. The largest absolute Gasteiger partial charge is 0.480 e. The Kier molecular flexibility index (Phi) is 7.67. The SMILES string of the molecule is COCC(C)(NC(=O)OCC1c2ccccc2-c2ccccc21)C(=O)N[C@H](CCO)C(=O)O. The van der Waals surface area contributed by atoms with Gasteiger partial charge in [-0.15, -0.1) is 0 Å². The molecule has 0 aliphatic heterocycles. The Morgan fingerprint density at radius 3 is 2.15 bits per heavy atom. The third-order valence-electron chi connectivity index (χ3n) is 5.68. The number of carboxylic acids is 1. The van der Waals surface area contributed by atoms with Crippen molar-refractivity contribution in [3.8, 4) is 11.1 Å². The number of benzene rings is 2. The first kappa shape index (κ1) is 24.2. The summed E-state index contributed by atoms with van der Waals surface area (Å²) in [5, 5.41) is 23.1. The molecule has 1 unspecified atom stereocenters. The second-order valence-corrected chi connectivity index (χ2v) is 8.09. The van der Waals surface area contributed by atoms with Crippen molar-refractivity contribution in [3.63, 3.8) is 0 Å². The van der Waals surface area contributed by atoms with E-state index in [2.05, 4.69) is 10.6 Å². The van der Waals surface area contributed by atoms with Crippen LogP contribution >= 0.6 is 0 Å². The zero-order valence-electron chi connectivity index (χ0n) is 18.5. The molecule has 2 aromatic carbocycles. The maximum Gasteiger partial charge on any atom is 0.408 e. The van der Waals surface area contributed by atoms with Crippen LogP contribution in [0.25, 0.3) is 11.1 Å². The third-order valence-corrected chi connectivity index (χ3v) is 5.68. The van der Waals surface area contributed by atoms with Crippen molar-refractivity contribution in [3.05, 3.63) is 59.7 Å². The van der Waals surface area contributed by atoms with E-state index in [0.29, 0.717) is 0 Å². The van der Waals surface area contributed by atoms with E-state index in [9.17, 15) is 19.5 Å². The molecule has 2 atom stereocenters. The maximum absolute atomic E-state index is 12.8. The number of aliphatic hydroxyl groups excluding tert-OH is 1. The predicted octanol–water partition coefficient (Wildman–Crippen LogP) is 1.88. The van der Waals surface area contributed by atoms with Crippen molar-refractivity contribution in [1.82, 2.24) is 10.6 Å². The van der Waals surface area contributed by atoms with Crippen LogP contribution in [-0.4, -0.2) is 66.7 Å². The lowest BCUT2D eigenvalue weighted by molar-refractivity contribution is -0.143. The molecule has 0 saturated carbocycles. The van der Waals surface area contributed by atoms with E-state index < -0.39 is 36.2 Å². The van der Waals surface area contributed by atoms with Gasteiger partial charge < -0.3 is 30.3 Å². The van der Waals surface area contributed by atoms with Crippen LogP contribution in [-0.2, 0) is 19.1 Å². The van der Waals surface area contributed by atoms with Crippen LogP contribution < -0.4 is 10.6 Å². The van der Waals surface area contributed by atoms with Crippen molar-refractivity contribution >= 4 is 18.0 Å². The first-order valence-corrected chi connectivity index (χ1v) is 10.6. The van der Waals surface area contributed by atoms with Gasteiger partial charge >= 0.3 is 12.1 Å². The highest BCUT2D eigenvalue weighted by atomic mass is 16.5. The highest BCUT2D eigenvalue weighted by molar-refractivity contribution is 5.92. The smallest absolute Gasteiger partial charge is 0.408 e. The van der Waals surface area contributed by atoms with Crippen LogP contribution in [0.3, 0.4) is 0 Å². The summed E-state index contributed by atoms with van der Waals surface area (Å²) in [7, 11) is 1.35. The molecule has 2 amide bonds. The Labute approximate surface area is 191 Å². The monoisotopic (exact) mass is 456 g/mol. The van der Waals surface area contributed by atoms with E-state index in [1.54, 1.807) is 0 Å². The molecule has 0 heterocycles. The molecule has 33 heavy (non-hydrogen) atoms. The summed E-state index contributed by atoms with van der Waals surface area (Å²) in [5.41, 5.74) is 2.71. The fourth-order valence-electron chi connectivity index (χ4n) is 4.01. The Balaban J connectivity index is 1.69. The number of carbonyl (C=O) groups is 3. The molecule has 176 valence electrons. The van der Waals surface area contributed by atoms with Gasteiger partial charge in [0, 0.05) is 26.1 Å². The predicted molar refractivity (Wildman–Crippen MR) is 120 cm³/mol. The highest BCUT2D eigenvalue weighted by Crippen LogP contribution is 2.44. The summed E-state index contributed by atoms with van der Waals surface area (Å²) < 4.78 is 10.6. The Morgan fingerprint density at radius 2 is 1.64 bits per heavy atom. The van der Waals surface area contributed by atoms with Crippen LogP contribution in [0.5, 0.6) is 0 Å². The number of nitrogens with one attached hydrogen (secondary N) is 2. The van der Waals surface area contributed by atoms with Crippen molar-refractivity contribution in [2.24, 2.45) is 0 Å². The summed E-state index contributed by atoms with van der Waals surface area (Å²) in [6.45, 7) is 0.838. The van der Waals surface area contributed by atoms with E-state index in [1.165, 1.54) is 14.0 Å². The summed E-state index contributed by atoms with van der Waals surface area (Å²) in [4.78, 5) is 36.7. The molecule has 0 aromatic heterocycles. The number of aliphatic carboxylic acids is 1. The van der Waals surface area contributed by atoms with E-state index in [-0.39, 0.29) is 25.6 Å². The second kappa shape index (κ2) is 10.5. The van der Waals surface area contributed by atoms with Crippen LogP contribution in [0, 0.1) is 0 Å².